The molecule has 0 saturated heterocycles. The van der Waals surface area contributed by atoms with Crippen LogP contribution in [0.3, 0.4) is 0 Å². The van der Waals surface area contributed by atoms with E-state index in [-0.39, 0.29) is 17.5 Å². The van der Waals surface area contributed by atoms with Crippen molar-refractivity contribution < 1.29 is 17.9 Å². The molecule has 2 aromatic rings. The second-order valence-corrected chi connectivity index (χ2v) is 3.82. The van der Waals surface area contributed by atoms with Crippen molar-refractivity contribution in [3.8, 4) is 0 Å². The third-order valence-corrected chi connectivity index (χ3v) is 2.56. The molecule has 6 heteroatoms. The van der Waals surface area contributed by atoms with Gasteiger partial charge in [0.1, 0.15) is 5.69 Å². The first-order valence-corrected chi connectivity index (χ1v) is 5.14. The van der Waals surface area contributed by atoms with Gasteiger partial charge in [-0.1, -0.05) is 12.1 Å². The molecule has 0 aliphatic carbocycles. The van der Waals surface area contributed by atoms with Crippen LogP contribution in [0.4, 0.5) is 13.2 Å². The van der Waals surface area contributed by atoms with Gasteiger partial charge >= 0.3 is 6.18 Å². The lowest BCUT2D eigenvalue weighted by molar-refractivity contribution is -0.141. The number of ether oxygens (including phenoxy) is 1. The van der Waals surface area contributed by atoms with Gasteiger partial charge in [0.25, 0.3) is 0 Å². The summed E-state index contributed by atoms with van der Waals surface area (Å²) in [5.41, 5.74) is -1.03. The number of benzene rings is 1. The summed E-state index contributed by atoms with van der Waals surface area (Å²) in [7, 11) is 1.44. The molecule has 0 amide bonds. The van der Waals surface area contributed by atoms with Crippen molar-refractivity contribution in [2.75, 3.05) is 7.11 Å². The molecule has 2 rings (SSSR count). The minimum absolute atomic E-state index is 0.134. The Bertz CT molecular complexity index is 631. The maximum atomic E-state index is 12.6. The fraction of sp³-hybridized carbons (Fsp3) is 0.250. The second-order valence-electron chi connectivity index (χ2n) is 3.82. The Hall–Kier alpha value is -1.82. The van der Waals surface area contributed by atoms with Crippen LogP contribution in [0.1, 0.15) is 11.3 Å². The standard InChI is InChI=1S/C12H10F3NO2/c1-18-6-7-3-2-4-8-9(17)5-10(12(13,14)15)16-11(7)8/h2-5H,6H2,1H3,(H,16,17). The van der Waals surface area contributed by atoms with Gasteiger partial charge in [-0.15, -0.1) is 0 Å². The lowest BCUT2D eigenvalue weighted by Crippen LogP contribution is -2.14. The molecule has 1 aromatic heterocycles. The minimum atomic E-state index is -4.58. The number of nitrogens with one attached hydrogen (secondary N) is 1. The highest BCUT2D eigenvalue weighted by Crippen LogP contribution is 2.28. The summed E-state index contributed by atoms with van der Waals surface area (Å²) in [6.45, 7) is 0.134. The first-order valence-electron chi connectivity index (χ1n) is 5.14. The predicted molar refractivity (Wildman–Crippen MR) is 60.3 cm³/mol. The molecule has 0 aliphatic rings. The zero-order chi connectivity index (χ0) is 13.3. The molecular formula is C12H10F3NO2. The van der Waals surface area contributed by atoms with Gasteiger partial charge in [-0.05, 0) is 6.07 Å². The summed E-state index contributed by atoms with van der Waals surface area (Å²) in [6.07, 6.45) is -4.58. The molecule has 1 heterocycles. The van der Waals surface area contributed by atoms with Crippen LogP contribution >= 0.6 is 0 Å². The number of H-pyrrole nitrogens is 1. The summed E-state index contributed by atoms with van der Waals surface area (Å²) < 4.78 is 42.7. The average molecular weight is 257 g/mol. The number of rotatable bonds is 2. The minimum Gasteiger partial charge on any atom is -0.380 e. The van der Waals surface area contributed by atoms with E-state index in [1.165, 1.54) is 13.2 Å². The topological polar surface area (TPSA) is 42.1 Å². The van der Waals surface area contributed by atoms with E-state index >= 15 is 0 Å². The van der Waals surface area contributed by atoms with Crippen molar-refractivity contribution in [3.05, 3.63) is 45.7 Å². The van der Waals surface area contributed by atoms with Crippen molar-refractivity contribution in [2.24, 2.45) is 0 Å². The number of aromatic nitrogens is 1. The third kappa shape index (κ3) is 2.24. The molecule has 96 valence electrons. The van der Waals surface area contributed by atoms with Crippen LogP contribution in [-0.2, 0) is 17.5 Å². The quantitative estimate of drug-likeness (QED) is 0.898. The van der Waals surface area contributed by atoms with E-state index in [1.807, 2.05) is 0 Å². The normalized spacial score (nSPS) is 12.0. The van der Waals surface area contributed by atoms with Crippen molar-refractivity contribution in [2.45, 2.75) is 12.8 Å². The SMILES string of the molecule is COCc1cccc2c(=O)cc(C(F)(F)F)[nH]c12. The lowest BCUT2D eigenvalue weighted by Gasteiger charge is -2.10. The Labute approximate surface area is 100 Å². The molecule has 18 heavy (non-hydrogen) atoms. The Morgan fingerprint density at radius 2 is 2.06 bits per heavy atom. The number of alkyl halides is 3. The maximum Gasteiger partial charge on any atom is 0.431 e. The van der Waals surface area contributed by atoms with Crippen LogP contribution in [0.25, 0.3) is 10.9 Å². The molecule has 0 unspecified atom stereocenters. The van der Waals surface area contributed by atoms with Crippen LogP contribution in [0.2, 0.25) is 0 Å². The zero-order valence-electron chi connectivity index (χ0n) is 9.47. The number of hydrogen-bond donors (Lipinski definition) is 1. The van der Waals surface area contributed by atoms with Gasteiger partial charge in [0, 0.05) is 24.1 Å². The van der Waals surface area contributed by atoms with E-state index in [1.54, 1.807) is 12.1 Å². The average Bonchev–Trinajstić information content (AvgIpc) is 2.29. The zero-order valence-corrected chi connectivity index (χ0v) is 9.47. The third-order valence-electron chi connectivity index (χ3n) is 2.56. The highest BCUT2D eigenvalue weighted by molar-refractivity contribution is 5.81. The molecule has 0 spiro atoms. The van der Waals surface area contributed by atoms with Crippen LogP contribution in [-0.4, -0.2) is 12.1 Å². The van der Waals surface area contributed by atoms with Gasteiger partial charge in [0.15, 0.2) is 5.43 Å². The van der Waals surface area contributed by atoms with Crippen molar-refractivity contribution in [3.63, 3.8) is 0 Å². The second kappa shape index (κ2) is 4.45. The number of fused-ring (bicyclic) bond motifs is 1. The molecule has 0 aliphatic heterocycles. The van der Waals surface area contributed by atoms with Gasteiger partial charge < -0.3 is 9.72 Å². The van der Waals surface area contributed by atoms with Gasteiger partial charge in [0.05, 0.1) is 12.1 Å². The first-order chi connectivity index (χ1) is 8.43. The molecule has 0 radical (unpaired) electrons. The highest BCUT2D eigenvalue weighted by Gasteiger charge is 2.32. The Balaban J connectivity index is 2.76. The summed E-state index contributed by atoms with van der Waals surface area (Å²) in [4.78, 5) is 13.9. The number of methoxy groups -OCH3 is 1. The number of para-hydroxylation sites is 1. The Kier molecular flexibility index (Phi) is 3.13. The van der Waals surface area contributed by atoms with Gasteiger partial charge in [-0.3, -0.25) is 4.79 Å². The Morgan fingerprint density at radius 1 is 1.33 bits per heavy atom. The Morgan fingerprint density at radius 3 is 2.67 bits per heavy atom. The summed E-state index contributed by atoms with van der Waals surface area (Å²) in [5, 5.41) is 0.220. The smallest absolute Gasteiger partial charge is 0.380 e. The number of halogens is 3. The van der Waals surface area contributed by atoms with Crippen LogP contribution in [0.15, 0.2) is 29.1 Å². The number of pyridine rings is 1. The van der Waals surface area contributed by atoms with Crippen LogP contribution in [0, 0.1) is 0 Å². The molecule has 0 fully saturated rings. The highest BCUT2D eigenvalue weighted by atomic mass is 19.4. The van der Waals surface area contributed by atoms with Crippen molar-refractivity contribution >= 4 is 10.9 Å². The largest absolute Gasteiger partial charge is 0.431 e. The number of hydrogen-bond acceptors (Lipinski definition) is 2. The monoisotopic (exact) mass is 257 g/mol. The van der Waals surface area contributed by atoms with Crippen molar-refractivity contribution in [1.82, 2.24) is 4.98 Å². The number of aromatic amines is 1. The van der Waals surface area contributed by atoms with E-state index in [4.69, 9.17) is 4.74 Å². The van der Waals surface area contributed by atoms with E-state index in [0.29, 0.717) is 11.6 Å². The molecule has 0 bridgehead atoms. The summed E-state index contributed by atoms with van der Waals surface area (Å²) in [5.74, 6) is 0. The molecule has 3 nitrogen and oxygen atoms in total. The lowest BCUT2D eigenvalue weighted by atomic mass is 10.1. The van der Waals surface area contributed by atoms with Gasteiger partial charge in [-0.2, -0.15) is 13.2 Å². The van der Waals surface area contributed by atoms with Crippen LogP contribution < -0.4 is 5.43 Å². The van der Waals surface area contributed by atoms with E-state index in [2.05, 4.69) is 4.98 Å². The first kappa shape index (κ1) is 12.6. The fourth-order valence-corrected chi connectivity index (χ4v) is 1.76. The van der Waals surface area contributed by atoms with E-state index < -0.39 is 17.3 Å². The summed E-state index contributed by atoms with van der Waals surface area (Å²) in [6, 6.07) is 5.27. The summed E-state index contributed by atoms with van der Waals surface area (Å²) >= 11 is 0. The van der Waals surface area contributed by atoms with E-state index in [9.17, 15) is 18.0 Å². The van der Waals surface area contributed by atoms with Gasteiger partial charge in [0.2, 0.25) is 0 Å². The molecule has 1 aromatic carbocycles. The maximum absolute atomic E-state index is 12.6. The molecule has 0 saturated carbocycles. The van der Waals surface area contributed by atoms with Gasteiger partial charge in [-0.25, -0.2) is 0 Å². The van der Waals surface area contributed by atoms with Crippen molar-refractivity contribution in [1.29, 1.82) is 0 Å². The molecular weight excluding hydrogens is 247 g/mol. The van der Waals surface area contributed by atoms with Crippen LogP contribution in [0.5, 0.6) is 0 Å². The van der Waals surface area contributed by atoms with E-state index in [0.717, 1.165) is 0 Å². The molecule has 0 atom stereocenters. The molecule has 1 N–H and O–H groups in total. The fourth-order valence-electron chi connectivity index (χ4n) is 1.76. The predicted octanol–water partition coefficient (Wildman–Crippen LogP) is 2.69.